The third-order valence-corrected chi connectivity index (χ3v) is 2.37. The highest BCUT2D eigenvalue weighted by Crippen LogP contribution is 2.18. The Morgan fingerprint density at radius 3 is 2.43 bits per heavy atom. The molecule has 4 nitrogen and oxygen atoms in total. The van der Waals surface area contributed by atoms with Gasteiger partial charge >= 0.3 is 11.9 Å². The van der Waals surface area contributed by atoms with Crippen molar-refractivity contribution in [1.29, 1.82) is 0 Å². The third-order valence-electron chi connectivity index (χ3n) is 2.37. The maximum absolute atomic E-state index is 12.8. The van der Waals surface area contributed by atoms with Crippen molar-refractivity contribution in [3.8, 4) is 0 Å². The van der Waals surface area contributed by atoms with E-state index in [4.69, 9.17) is 10.8 Å². The maximum atomic E-state index is 12.8. The number of aliphatic carboxylic acids is 1. The summed E-state index contributed by atoms with van der Waals surface area (Å²) in [4.78, 5) is 11.6. The minimum absolute atomic E-state index is 0.0599. The van der Waals surface area contributed by atoms with Crippen LogP contribution in [0.4, 0.5) is 8.78 Å². The SMILES string of the molecule is NC1CCN(CC(F)(F)C(=O)O)CC1. The Balaban J connectivity index is 2.41. The number of carboxylic acids is 1. The summed E-state index contributed by atoms with van der Waals surface area (Å²) in [5, 5.41) is 8.22. The lowest BCUT2D eigenvalue weighted by Crippen LogP contribution is -2.47. The maximum Gasteiger partial charge on any atom is 0.375 e. The fourth-order valence-corrected chi connectivity index (χ4v) is 1.46. The first-order chi connectivity index (χ1) is 6.42. The van der Waals surface area contributed by atoms with Crippen molar-refractivity contribution >= 4 is 5.97 Å². The average Bonchev–Trinajstić information content (AvgIpc) is 2.08. The minimum Gasteiger partial charge on any atom is -0.477 e. The van der Waals surface area contributed by atoms with Gasteiger partial charge in [-0.2, -0.15) is 8.78 Å². The highest BCUT2D eigenvalue weighted by Gasteiger charge is 2.40. The molecule has 3 N–H and O–H groups in total. The second-order valence-corrected chi connectivity index (χ2v) is 3.62. The first kappa shape index (κ1) is 11.3. The van der Waals surface area contributed by atoms with Gasteiger partial charge in [-0.05, 0) is 25.9 Å². The fraction of sp³-hybridized carbons (Fsp3) is 0.875. The average molecular weight is 208 g/mol. The van der Waals surface area contributed by atoms with Gasteiger partial charge in [0.25, 0.3) is 0 Å². The lowest BCUT2D eigenvalue weighted by atomic mass is 10.1. The Morgan fingerprint density at radius 2 is 2.00 bits per heavy atom. The smallest absolute Gasteiger partial charge is 0.375 e. The van der Waals surface area contributed by atoms with E-state index >= 15 is 0 Å². The largest absolute Gasteiger partial charge is 0.477 e. The van der Waals surface area contributed by atoms with E-state index < -0.39 is 18.4 Å². The second-order valence-electron chi connectivity index (χ2n) is 3.62. The van der Waals surface area contributed by atoms with Crippen molar-refractivity contribution in [2.45, 2.75) is 24.8 Å². The van der Waals surface area contributed by atoms with E-state index in [1.165, 1.54) is 4.90 Å². The molecule has 0 spiro atoms. The van der Waals surface area contributed by atoms with Crippen molar-refractivity contribution < 1.29 is 18.7 Å². The molecule has 6 heteroatoms. The Labute approximate surface area is 80.7 Å². The molecule has 1 heterocycles. The number of carbonyl (C=O) groups is 1. The van der Waals surface area contributed by atoms with Crippen LogP contribution in [0, 0.1) is 0 Å². The zero-order chi connectivity index (χ0) is 10.8. The molecule has 82 valence electrons. The van der Waals surface area contributed by atoms with Gasteiger partial charge in [-0.25, -0.2) is 4.79 Å². The number of nitrogens with two attached hydrogens (primary N) is 1. The van der Waals surface area contributed by atoms with Crippen LogP contribution >= 0.6 is 0 Å². The predicted molar refractivity (Wildman–Crippen MR) is 46.2 cm³/mol. The number of halogens is 2. The molecule has 14 heavy (non-hydrogen) atoms. The fourth-order valence-electron chi connectivity index (χ4n) is 1.46. The van der Waals surface area contributed by atoms with Gasteiger partial charge in [0, 0.05) is 6.04 Å². The number of alkyl halides is 2. The summed E-state index contributed by atoms with van der Waals surface area (Å²) in [6, 6.07) is 0.0599. The zero-order valence-electron chi connectivity index (χ0n) is 7.75. The van der Waals surface area contributed by atoms with Gasteiger partial charge < -0.3 is 10.8 Å². The summed E-state index contributed by atoms with van der Waals surface area (Å²) in [6.07, 6.45) is 1.30. The van der Waals surface area contributed by atoms with Crippen LogP contribution in [0.2, 0.25) is 0 Å². The Bertz CT molecular complexity index is 215. The highest BCUT2D eigenvalue weighted by molar-refractivity contribution is 5.75. The Hall–Kier alpha value is -0.750. The summed E-state index contributed by atoms with van der Waals surface area (Å²) in [5.41, 5.74) is 5.59. The number of nitrogens with zero attached hydrogens (tertiary/aromatic N) is 1. The number of hydrogen-bond acceptors (Lipinski definition) is 3. The minimum atomic E-state index is -3.65. The van der Waals surface area contributed by atoms with Gasteiger partial charge in [-0.1, -0.05) is 0 Å². The molecule has 0 bridgehead atoms. The standard InChI is InChI=1S/C8H14F2N2O2/c9-8(10,7(13)14)5-12-3-1-6(11)2-4-12/h6H,1-5,11H2,(H,13,14). The molecular weight excluding hydrogens is 194 g/mol. The lowest BCUT2D eigenvalue weighted by Gasteiger charge is -2.31. The van der Waals surface area contributed by atoms with Crippen LogP contribution < -0.4 is 5.73 Å². The van der Waals surface area contributed by atoms with Gasteiger partial charge in [0.2, 0.25) is 0 Å². The summed E-state index contributed by atoms with van der Waals surface area (Å²) in [6.45, 7) is 0.184. The summed E-state index contributed by atoms with van der Waals surface area (Å²) in [5.74, 6) is -5.71. The van der Waals surface area contributed by atoms with Crippen molar-refractivity contribution in [2.75, 3.05) is 19.6 Å². The van der Waals surface area contributed by atoms with Crippen molar-refractivity contribution in [2.24, 2.45) is 5.73 Å². The zero-order valence-corrected chi connectivity index (χ0v) is 7.75. The number of hydrogen-bond donors (Lipinski definition) is 2. The van der Waals surface area contributed by atoms with Crippen LogP contribution in [-0.4, -0.2) is 47.6 Å². The van der Waals surface area contributed by atoms with Gasteiger partial charge in [-0.15, -0.1) is 0 Å². The molecule has 0 atom stereocenters. The number of piperidine rings is 1. The monoisotopic (exact) mass is 208 g/mol. The number of carboxylic acid groups (broad SMARTS) is 1. The van der Waals surface area contributed by atoms with Crippen molar-refractivity contribution in [3.05, 3.63) is 0 Å². The van der Waals surface area contributed by atoms with Crippen LogP contribution in [-0.2, 0) is 4.79 Å². The van der Waals surface area contributed by atoms with Gasteiger partial charge in [-0.3, -0.25) is 4.90 Å². The third kappa shape index (κ3) is 2.88. The molecule has 1 fully saturated rings. The molecule has 0 unspecified atom stereocenters. The van der Waals surface area contributed by atoms with Gasteiger partial charge in [0.1, 0.15) is 0 Å². The molecule has 0 amide bonds. The first-order valence-electron chi connectivity index (χ1n) is 4.51. The first-order valence-corrected chi connectivity index (χ1v) is 4.51. The van der Waals surface area contributed by atoms with Gasteiger partial charge in [0.05, 0.1) is 6.54 Å². The molecule has 0 aliphatic carbocycles. The molecule has 1 aliphatic heterocycles. The van der Waals surface area contributed by atoms with Crippen molar-refractivity contribution in [3.63, 3.8) is 0 Å². The molecule has 1 rings (SSSR count). The van der Waals surface area contributed by atoms with E-state index in [-0.39, 0.29) is 6.04 Å². The topological polar surface area (TPSA) is 66.6 Å². The van der Waals surface area contributed by atoms with E-state index in [1.807, 2.05) is 0 Å². The second kappa shape index (κ2) is 4.18. The predicted octanol–water partition coefficient (Wildman–Crippen LogP) is 0.129. The molecule has 0 aromatic carbocycles. The van der Waals surface area contributed by atoms with Crippen LogP contribution in [0.5, 0.6) is 0 Å². The molecule has 0 aromatic heterocycles. The highest BCUT2D eigenvalue weighted by atomic mass is 19.3. The lowest BCUT2D eigenvalue weighted by molar-refractivity contribution is -0.167. The van der Waals surface area contributed by atoms with E-state index in [0.717, 1.165) is 0 Å². The molecular formula is C8H14F2N2O2. The summed E-state index contributed by atoms with van der Waals surface area (Å²) < 4.78 is 25.5. The van der Waals surface area contributed by atoms with Gasteiger partial charge in [0.15, 0.2) is 0 Å². The van der Waals surface area contributed by atoms with Crippen LogP contribution in [0.3, 0.4) is 0 Å². The molecule has 0 saturated carbocycles. The number of likely N-dealkylation sites (tertiary alicyclic amines) is 1. The Morgan fingerprint density at radius 1 is 1.50 bits per heavy atom. The quantitative estimate of drug-likeness (QED) is 0.691. The van der Waals surface area contributed by atoms with E-state index in [0.29, 0.717) is 25.9 Å². The molecule has 1 saturated heterocycles. The number of rotatable bonds is 3. The van der Waals surface area contributed by atoms with E-state index in [2.05, 4.69) is 0 Å². The molecule has 0 radical (unpaired) electrons. The van der Waals surface area contributed by atoms with Crippen LogP contribution in [0.15, 0.2) is 0 Å². The summed E-state index contributed by atoms with van der Waals surface area (Å²) >= 11 is 0. The van der Waals surface area contributed by atoms with Crippen LogP contribution in [0.25, 0.3) is 0 Å². The van der Waals surface area contributed by atoms with Crippen molar-refractivity contribution in [1.82, 2.24) is 4.90 Å². The normalized spacial score (nSPS) is 21.1. The summed E-state index contributed by atoms with van der Waals surface area (Å²) in [7, 11) is 0. The van der Waals surface area contributed by atoms with Crippen LogP contribution in [0.1, 0.15) is 12.8 Å². The van der Waals surface area contributed by atoms with E-state index in [9.17, 15) is 13.6 Å². The molecule has 1 aliphatic rings. The Kier molecular flexibility index (Phi) is 3.38. The van der Waals surface area contributed by atoms with E-state index in [1.54, 1.807) is 0 Å². The molecule has 0 aromatic rings.